The van der Waals surface area contributed by atoms with E-state index in [2.05, 4.69) is 9.97 Å². The smallest absolute Gasteiger partial charge is 0.342 e. The maximum atomic E-state index is 13.2. The summed E-state index contributed by atoms with van der Waals surface area (Å²) in [5.74, 6) is -2.77. The first-order valence-corrected chi connectivity index (χ1v) is 4.61. The summed E-state index contributed by atoms with van der Waals surface area (Å²) in [5.41, 5.74) is 0.187. The monoisotopic (exact) mass is 246 g/mol. The highest BCUT2D eigenvalue weighted by Gasteiger charge is 2.38. The number of carbonyl (C=O) groups is 1. The number of aromatic amines is 1. The molecule has 17 heavy (non-hydrogen) atoms. The van der Waals surface area contributed by atoms with Crippen LogP contribution >= 0.6 is 0 Å². The number of benzene rings is 1. The summed E-state index contributed by atoms with van der Waals surface area (Å²) in [6.45, 7) is 0. The fraction of sp³-hybridized carbons (Fsp3) is 0.200. The molecule has 0 spiro atoms. The van der Waals surface area contributed by atoms with Gasteiger partial charge in [0.25, 0.3) is 0 Å². The number of hydrogen-bond donors (Lipinski definition) is 1. The molecule has 0 aliphatic heterocycles. The molecule has 3 nitrogen and oxygen atoms in total. The highest BCUT2D eigenvalue weighted by molar-refractivity contribution is 5.86. The summed E-state index contributed by atoms with van der Waals surface area (Å²) >= 11 is 0. The third-order valence-corrected chi connectivity index (χ3v) is 2.16. The lowest BCUT2D eigenvalue weighted by Crippen LogP contribution is -2.24. The molecule has 7 heteroatoms. The van der Waals surface area contributed by atoms with Gasteiger partial charge in [0.05, 0.1) is 11.9 Å². The largest absolute Gasteiger partial charge is 0.450 e. The zero-order valence-corrected chi connectivity index (χ0v) is 8.31. The van der Waals surface area contributed by atoms with E-state index >= 15 is 0 Å². The highest BCUT2D eigenvalue weighted by atomic mass is 19.4. The lowest BCUT2D eigenvalue weighted by atomic mass is 10.3. The third kappa shape index (κ3) is 2.27. The van der Waals surface area contributed by atoms with Gasteiger partial charge in [-0.2, -0.15) is 13.2 Å². The van der Waals surface area contributed by atoms with Crippen LogP contribution in [0.1, 0.15) is 5.82 Å². The minimum Gasteiger partial charge on any atom is -0.342 e. The van der Waals surface area contributed by atoms with Crippen molar-refractivity contribution in [1.29, 1.82) is 0 Å². The fourth-order valence-electron chi connectivity index (χ4n) is 1.38. The second kappa shape index (κ2) is 3.83. The van der Waals surface area contributed by atoms with Crippen LogP contribution in [0, 0.1) is 5.82 Å². The Morgan fingerprint density at radius 2 is 2.06 bits per heavy atom. The molecule has 1 N–H and O–H groups in total. The van der Waals surface area contributed by atoms with Crippen molar-refractivity contribution < 1.29 is 22.4 Å². The van der Waals surface area contributed by atoms with Crippen molar-refractivity contribution in [3.05, 3.63) is 29.8 Å². The third-order valence-electron chi connectivity index (χ3n) is 2.16. The summed E-state index contributed by atoms with van der Waals surface area (Å²) in [6, 6.07) is 4.00. The molecule has 0 amide bonds. The Hall–Kier alpha value is -1.92. The van der Waals surface area contributed by atoms with Gasteiger partial charge in [0.15, 0.2) is 5.82 Å². The van der Waals surface area contributed by atoms with Crippen molar-refractivity contribution in [3.63, 3.8) is 0 Å². The van der Waals surface area contributed by atoms with Gasteiger partial charge in [-0.15, -0.1) is 0 Å². The summed E-state index contributed by atoms with van der Waals surface area (Å²) in [4.78, 5) is 16.8. The number of imidazole rings is 1. The summed E-state index contributed by atoms with van der Waals surface area (Å²) < 4.78 is 49.2. The lowest BCUT2D eigenvalue weighted by Gasteiger charge is -2.01. The molecule has 1 heterocycles. The number of rotatable bonds is 2. The number of ketones is 1. The Morgan fingerprint density at radius 1 is 1.35 bits per heavy atom. The molecule has 0 saturated heterocycles. The van der Waals surface area contributed by atoms with Gasteiger partial charge < -0.3 is 4.98 Å². The molecule has 90 valence electrons. The van der Waals surface area contributed by atoms with Crippen molar-refractivity contribution in [1.82, 2.24) is 9.97 Å². The van der Waals surface area contributed by atoms with Gasteiger partial charge in [-0.05, 0) is 12.1 Å². The minimum absolute atomic E-state index is 0.0718. The first-order valence-electron chi connectivity index (χ1n) is 4.61. The van der Waals surface area contributed by atoms with E-state index in [1.54, 1.807) is 0 Å². The van der Waals surface area contributed by atoms with E-state index in [1.807, 2.05) is 0 Å². The Bertz CT molecular complexity index is 573. The molecule has 0 unspecified atom stereocenters. The molecule has 0 atom stereocenters. The SMILES string of the molecule is O=C(Cc1nc2c(F)cccc2[nH]1)C(F)(F)F. The van der Waals surface area contributed by atoms with E-state index in [4.69, 9.17) is 0 Å². The van der Waals surface area contributed by atoms with Crippen molar-refractivity contribution >= 4 is 16.8 Å². The van der Waals surface area contributed by atoms with Crippen LogP contribution < -0.4 is 0 Å². The summed E-state index contributed by atoms with van der Waals surface area (Å²) in [7, 11) is 0. The van der Waals surface area contributed by atoms with Crippen LogP contribution in [0.2, 0.25) is 0 Å². The molecule has 0 aliphatic rings. The molecule has 1 aromatic heterocycles. The first-order chi connectivity index (χ1) is 7.88. The molecular weight excluding hydrogens is 240 g/mol. The van der Waals surface area contributed by atoms with Crippen molar-refractivity contribution in [2.75, 3.05) is 0 Å². The highest BCUT2D eigenvalue weighted by Crippen LogP contribution is 2.20. The first kappa shape index (κ1) is 11.6. The zero-order valence-electron chi connectivity index (χ0n) is 8.31. The number of aromatic nitrogens is 2. The zero-order chi connectivity index (χ0) is 12.6. The van der Waals surface area contributed by atoms with Gasteiger partial charge in [0, 0.05) is 0 Å². The second-order valence-corrected chi connectivity index (χ2v) is 3.42. The van der Waals surface area contributed by atoms with Gasteiger partial charge in [-0.1, -0.05) is 6.07 Å². The quantitative estimate of drug-likeness (QED) is 0.827. The maximum Gasteiger partial charge on any atom is 0.450 e. The normalized spacial score (nSPS) is 12.0. The van der Waals surface area contributed by atoms with Gasteiger partial charge >= 0.3 is 6.18 Å². The Labute approximate surface area is 92.5 Å². The van der Waals surface area contributed by atoms with E-state index in [0.29, 0.717) is 0 Å². The van der Waals surface area contributed by atoms with Crippen LogP contribution in [0.5, 0.6) is 0 Å². The molecule has 2 rings (SSSR count). The van der Waals surface area contributed by atoms with Crippen molar-refractivity contribution in [2.45, 2.75) is 12.6 Å². The average molecular weight is 246 g/mol. The second-order valence-electron chi connectivity index (χ2n) is 3.42. The molecule has 0 saturated carbocycles. The topological polar surface area (TPSA) is 45.8 Å². The number of halogens is 4. The Kier molecular flexibility index (Phi) is 2.60. The van der Waals surface area contributed by atoms with E-state index in [9.17, 15) is 22.4 Å². The van der Waals surface area contributed by atoms with E-state index in [-0.39, 0.29) is 16.9 Å². The van der Waals surface area contributed by atoms with Crippen LogP contribution in [0.25, 0.3) is 11.0 Å². The Morgan fingerprint density at radius 3 is 2.65 bits per heavy atom. The standard InChI is InChI=1S/C10H6F4N2O/c11-5-2-1-3-6-9(5)16-8(15-6)4-7(17)10(12,13)14/h1-3H,4H2,(H,15,16). The molecule has 0 bridgehead atoms. The number of fused-ring (bicyclic) bond motifs is 1. The number of carbonyl (C=O) groups excluding carboxylic acids is 1. The van der Waals surface area contributed by atoms with Crippen molar-refractivity contribution in [3.8, 4) is 0 Å². The van der Waals surface area contributed by atoms with Crippen LogP contribution in [0.3, 0.4) is 0 Å². The minimum atomic E-state index is -4.91. The fourth-order valence-corrected chi connectivity index (χ4v) is 1.38. The number of hydrogen-bond acceptors (Lipinski definition) is 2. The number of nitrogens with one attached hydrogen (secondary N) is 1. The molecule has 2 aromatic rings. The van der Waals surface area contributed by atoms with Gasteiger partial charge in [-0.3, -0.25) is 4.79 Å². The number of H-pyrrole nitrogens is 1. The summed E-state index contributed by atoms with van der Waals surface area (Å²) in [5, 5.41) is 0. The van der Waals surface area contributed by atoms with Gasteiger partial charge in [-0.25, -0.2) is 9.37 Å². The average Bonchev–Trinajstić information content (AvgIpc) is 2.60. The van der Waals surface area contributed by atoms with E-state index in [1.165, 1.54) is 12.1 Å². The van der Waals surface area contributed by atoms with Crippen LogP contribution in [0.4, 0.5) is 17.6 Å². The molecule has 1 aromatic carbocycles. The molecular formula is C10H6F4N2O. The predicted molar refractivity (Wildman–Crippen MR) is 50.8 cm³/mol. The van der Waals surface area contributed by atoms with E-state index in [0.717, 1.165) is 6.07 Å². The molecule has 0 fully saturated rings. The van der Waals surface area contributed by atoms with Gasteiger partial charge in [0.2, 0.25) is 5.78 Å². The Balaban J connectivity index is 2.32. The summed E-state index contributed by atoms with van der Waals surface area (Å²) in [6.07, 6.45) is -5.82. The molecule has 0 aliphatic carbocycles. The molecule has 0 radical (unpaired) electrons. The van der Waals surface area contributed by atoms with Crippen LogP contribution in [-0.4, -0.2) is 21.9 Å². The van der Waals surface area contributed by atoms with Gasteiger partial charge in [0.1, 0.15) is 11.3 Å². The lowest BCUT2D eigenvalue weighted by molar-refractivity contribution is -0.170. The van der Waals surface area contributed by atoms with Crippen LogP contribution in [-0.2, 0) is 11.2 Å². The van der Waals surface area contributed by atoms with Crippen molar-refractivity contribution in [2.24, 2.45) is 0 Å². The number of nitrogens with zero attached hydrogens (tertiary/aromatic N) is 1. The predicted octanol–water partition coefficient (Wildman–Crippen LogP) is 2.38. The number of para-hydroxylation sites is 1. The number of alkyl halides is 3. The van der Waals surface area contributed by atoms with Crippen LogP contribution in [0.15, 0.2) is 18.2 Å². The maximum absolute atomic E-state index is 13.2. The van der Waals surface area contributed by atoms with E-state index < -0.39 is 24.2 Å². The number of Topliss-reactive ketones (excluding diaryl/α,β-unsaturated/α-hetero) is 1.